The van der Waals surface area contributed by atoms with E-state index in [2.05, 4.69) is 9.98 Å². The zero-order valence-electron chi connectivity index (χ0n) is 13.5. The van der Waals surface area contributed by atoms with Crippen LogP contribution in [0.3, 0.4) is 0 Å². The number of benzene rings is 2. The lowest BCUT2D eigenvalue weighted by molar-refractivity contribution is 0.0697. The molecule has 0 aliphatic heterocycles. The van der Waals surface area contributed by atoms with Crippen molar-refractivity contribution in [3.63, 3.8) is 0 Å². The third kappa shape index (κ3) is 5.33. The van der Waals surface area contributed by atoms with Crippen LogP contribution in [0.25, 0.3) is 0 Å². The molecule has 8 heteroatoms. The van der Waals surface area contributed by atoms with Crippen molar-refractivity contribution in [1.29, 1.82) is 0 Å². The second kappa shape index (κ2) is 8.32. The molecule has 0 saturated heterocycles. The first-order chi connectivity index (χ1) is 11.9. The van der Waals surface area contributed by atoms with Crippen molar-refractivity contribution in [2.24, 2.45) is 20.9 Å². The van der Waals surface area contributed by atoms with Crippen molar-refractivity contribution in [3.05, 3.63) is 59.7 Å². The molecule has 5 N–H and O–H groups in total. The molecule has 1 unspecified atom stereocenters. The second-order valence-corrected chi connectivity index (χ2v) is 6.29. The highest BCUT2D eigenvalue weighted by molar-refractivity contribution is 7.82. The molecule has 130 valence electrons. The van der Waals surface area contributed by atoms with E-state index in [-0.39, 0.29) is 16.1 Å². The third-order valence-electron chi connectivity index (χ3n) is 3.19. The minimum Gasteiger partial charge on any atom is -0.478 e. The Morgan fingerprint density at radius 2 is 1.88 bits per heavy atom. The van der Waals surface area contributed by atoms with E-state index in [0.29, 0.717) is 18.1 Å². The van der Waals surface area contributed by atoms with E-state index in [9.17, 15) is 14.1 Å². The van der Waals surface area contributed by atoms with Crippen LogP contribution in [0.4, 0.5) is 5.69 Å². The van der Waals surface area contributed by atoms with Crippen molar-refractivity contribution >= 4 is 34.3 Å². The molecule has 0 heterocycles. The summed E-state index contributed by atoms with van der Waals surface area (Å²) in [6.07, 6.45) is 0.388. The van der Waals surface area contributed by atoms with Gasteiger partial charge in [0.15, 0.2) is 0 Å². The van der Waals surface area contributed by atoms with E-state index < -0.39 is 17.0 Å². The molecule has 0 saturated carbocycles. The Kier molecular flexibility index (Phi) is 6.15. The molecular weight excluding hydrogens is 340 g/mol. The quantitative estimate of drug-likeness (QED) is 0.557. The molecule has 0 aliphatic rings. The van der Waals surface area contributed by atoms with Gasteiger partial charge in [0.25, 0.3) is 0 Å². The standard InChI is InChI=1S/C17H18N4O3S/c1-11(18)20-16(9-12-5-3-2-4-6-12)21-15-8-7-13(25(19)24)10-14(15)17(22)23/h2-8,10H,9,19H2,1H3,(H,22,23)(H2,18,20,21). The Morgan fingerprint density at radius 1 is 1.20 bits per heavy atom. The fourth-order valence-corrected chi connectivity index (χ4v) is 2.57. The van der Waals surface area contributed by atoms with Crippen LogP contribution in [0.15, 0.2) is 63.4 Å². The van der Waals surface area contributed by atoms with E-state index >= 15 is 0 Å². The van der Waals surface area contributed by atoms with Gasteiger partial charge in [-0.05, 0) is 30.7 Å². The number of hydrogen-bond donors (Lipinski definition) is 3. The molecule has 0 aliphatic carbocycles. The summed E-state index contributed by atoms with van der Waals surface area (Å²) in [5, 5.41) is 14.7. The summed E-state index contributed by atoms with van der Waals surface area (Å²) in [5.41, 5.74) is 6.71. The lowest BCUT2D eigenvalue weighted by Crippen LogP contribution is -2.11. The molecular formula is C17H18N4O3S. The second-order valence-electron chi connectivity index (χ2n) is 5.23. The van der Waals surface area contributed by atoms with Crippen LogP contribution in [-0.4, -0.2) is 27.0 Å². The summed E-state index contributed by atoms with van der Waals surface area (Å²) in [5.74, 6) is -0.514. The highest BCUT2D eigenvalue weighted by atomic mass is 32.2. The summed E-state index contributed by atoms with van der Waals surface area (Å²) in [6, 6.07) is 13.7. The molecule has 0 amide bonds. The SMILES string of the molecule is CC(N)=NC(Cc1ccccc1)=Nc1ccc(S(N)=O)cc1C(=O)O. The first-order valence-corrected chi connectivity index (χ1v) is 8.54. The van der Waals surface area contributed by atoms with Gasteiger partial charge in [-0.2, -0.15) is 0 Å². The number of aliphatic imine (C=N–C) groups is 2. The van der Waals surface area contributed by atoms with E-state index in [1.807, 2.05) is 30.3 Å². The van der Waals surface area contributed by atoms with E-state index in [1.165, 1.54) is 18.2 Å². The molecule has 0 spiro atoms. The summed E-state index contributed by atoms with van der Waals surface area (Å²) in [6.45, 7) is 1.62. The molecule has 2 aromatic rings. The third-order valence-corrected chi connectivity index (χ3v) is 3.91. The van der Waals surface area contributed by atoms with E-state index in [0.717, 1.165) is 5.56 Å². The maximum absolute atomic E-state index is 11.5. The Labute approximate surface area is 147 Å². The van der Waals surface area contributed by atoms with Gasteiger partial charge >= 0.3 is 5.97 Å². The Morgan fingerprint density at radius 3 is 2.44 bits per heavy atom. The predicted octanol–water partition coefficient (Wildman–Crippen LogP) is 2.02. The Bertz CT molecular complexity index is 859. The topological polar surface area (TPSA) is 131 Å². The van der Waals surface area contributed by atoms with Gasteiger partial charge in [0.05, 0.1) is 22.0 Å². The van der Waals surface area contributed by atoms with Crippen molar-refractivity contribution in [1.82, 2.24) is 0 Å². The number of carboxylic acid groups (broad SMARTS) is 1. The van der Waals surface area contributed by atoms with Crippen LogP contribution in [0.1, 0.15) is 22.8 Å². The lowest BCUT2D eigenvalue weighted by atomic mass is 10.1. The van der Waals surface area contributed by atoms with Gasteiger partial charge in [-0.1, -0.05) is 30.3 Å². The molecule has 1 atom stereocenters. The Hall–Kier alpha value is -2.84. The number of rotatable bonds is 5. The van der Waals surface area contributed by atoms with Crippen molar-refractivity contribution in [2.75, 3.05) is 0 Å². The lowest BCUT2D eigenvalue weighted by Gasteiger charge is -2.07. The van der Waals surface area contributed by atoms with Crippen molar-refractivity contribution in [3.8, 4) is 0 Å². The number of aromatic carboxylic acids is 1. The molecule has 0 fully saturated rings. The van der Waals surface area contributed by atoms with Gasteiger partial charge in [0.1, 0.15) is 16.8 Å². The van der Waals surface area contributed by atoms with E-state index in [4.69, 9.17) is 10.9 Å². The first kappa shape index (κ1) is 18.5. The molecule has 7 nitrogen and oxygen atoms in total. The van der Waals surface area contributed by atoms with Crippen LogP contribution in [0, 0.1) is 0 Å². The highest BCUT2D eigenvalue weighted by Crippen LogP contribution is 2.23. The number of nitrogens with zero attached hydrogens (tertiary/aromatic N) is 2. The number of carbonyl (C=O) groups is 1. The fraction of sp³-hybridized carbons (Fsp3) is 0.118. The number of amidine groups is 2. The molecule has 25 heavy (non-hydrogen) atoms. The zero-order valence-corrected chi connectivity index (χ0v) is 14.4. The van der Waals surface area contributed by atoms with Crippen LogP contribution < -0.4 is 10.9 Å². The van der Waals surface area contributed by atoms with Gasteiger partial charge in [-0.25, -0.2) is 24.1 Å². The number of hydrogen-bond acceptors (Lipinski definition) is 3. The van der Waals surface area contributed by atoms with Crippen molar-refractivity contribution < 1.29 is 14.1 Å². The van der Waals surface area contributed by atoms with Gasteiger partial charge < -0.3 is 10.8 Å². The van der Waals surface area contributed by atoms with Crippen LogP contribution in [-0.2, 0) is 17.4 Å². The highest BCUT2D eigenvalue weighted by Gasteiger charge is 2.13. The number of carboxylic acids is 1. The monoisotopic (exact) mass is 358 g/mol. The summed E-state index contributed by atoms with van der Waals surface area (Å²) < 4.78 is 11.4. The molecule has 0 aromatic heterocycles. The smallest absolute Gasteiger partial charge is 0.337 e. The maximum Gasteiger partial charge on any atom is 0.337 e. The summed E-state index contributed by atoms with van der Waals surface area (Å²) in [7, 11) is -1.78. The summed E-state index contributed by atoms with van der Waals surface area (Å²) >= 11 is 0. The average molecular weight is 358 g/mol. The van der Waals surface area contributed by atoms with Crippen LogP contribution in [0.5, 0.6) is 0 Å². The first-order valence-electron chi connectivity index (χ1n) is 7.32. The van der Waals surface area contributed by atoms with Crippen LogP contribution >= 0.6 is 0 Å². The van der Waals surface area contributed by atoms with E-state index in [1.54, 1.807) is 6.92 Å². The molecule has 0 radical (unpaired) electrons. The summed E-state index contributed by atoms with van der Waals surface area (Å²) in [4.78, 5) is 20.2. The van der Waals surface area contributed by atoms with Crippen molar-refractivity contribution in [2.45, 2.75) is 18.2 Å². The average Bonchev–Trinajstić information content (AvgIpc) is 2.55. The Balaban J connectivity index is 2.50. The minimum absolute atomic E-state index is 0.105. The number of nitrogens with two attached hydrogens (primary N) is 2. The maximum atomic E-state index is 11.5. The van der Waals surface area contributed by atoms with Gasteiger partial charge in [-0.15, -0.1) is 0 Å². The predicted molar refractivity (Wildman–Crippen MR) is 98.5 cm³/mol. The molecule has 2 aromatic carbocycles. The van der Waals surface area contributed by atoms with Gasteiger partial charge in [-0.3, -0.25) is 0 Å². The largest absolute Gasteiger partial charge is 0.478 e. The van der Waals surface area contributed by atoms with Gasteiger partial charge in [0, 0.05) is 6.42 Å². The van der Waals surface area contributed by atoms with Gasteiger partial charge in [0.2, 0.25) is 0 Å². The zero-order chi connectivity index (χ0) is 18.4. The molecule has 0 bridgehead atoms. The minimum atomic E-state index is -1.78. The fourth-order valence-electron chi connectivity index (χ4n) is 2.13. The normalized spacial score (nSPS) is 13.5. The molecule has 2 rings (SSSR count). The van der Waals surface area contributed by atoms with Crippen LogP contribution in [0.2, 0.25) is 0 Å².